The zero-order valence-corrected chi connectivity index (χ0v) is 18.6. The molecule has 2 fully saturated rings. The molecule has 3 rings (SSSR count). The number of sulfonamides is 1. The maximum atomic E-state index is 13.3. The van der Waals surface area contributed by atoms with Crippen molar-refractivity contribution in [3.63, 3.8) is 0 Å². The van der Waals surface area contributed by atoms with Crippen molar-refractivity contribution in [1.82, 2.24) is 14.5 Å². The van der Waals surface area contributed by atoms with Gasteiger partial charge in [-0.3, -0.25) is 4.79 Å². The van der Waals surface area contributed by atoms with E-state index in [1.54, 1.807) is 19.1 Å². The van der Waals surface area contributed by atoms with Gasteiger partial charge in [-0.15, -0.1) is 0 Å². The van der Waals surface area contributed by atoms with Crippen LogP contribution in [0, 0.1) is 5.92 Å². The Bertz CT molecular complexity index is 825. The Morgan fingerprint density at radius 2 is 1.97 bits per heavy atom. The smallest absolute Gasteiger partial charge is 0.246 e. The van der Waals surface area contributed by atoms with E-state index in [-0.39, 0.29) is 35.1 Å². The van der Waals surface area contributed by atoms with Crippen LogP contribution in [0.25, 0.3) is 0 Å². The molecular formula is C20H30ClN3O4S. The van der Waals surface area contributed by atoms with Gasteiger partial charge in [0.1, 0.15) is 10.6 Å². The monoisotopic (exact) mass is 443 g/mol. The molecule has 2 aliphatic heterocycles. The van der Waals surface area contributed by atoms with Crippen molar-refractivity contribution >= 4 is 27.5 Å². The highest BCUT2D eigenvalue weighted by Crippen LogP contribution is 2.32. The van der Waals surface area contributed by atoms with Crippen LogP contribution in [0.4, 0.5) is 0 Å². The van der Waals surface area contributed by atoms with Gasteiger partial charge in [-0.05, 0) is 70.9 Å². The number of rotatable bonds is 6. The van der Waals surface area contributed by atoms with Gasteiger partial charge >= 0.3 is 0 Å². The number of ether oxygens (including phenoxy) is 1. The van der Waals surface area contributed by atoms with Gasteiger partial charge in [0.2, 0.25) is 15.9 Å². The van der Waals surface area contributed by atoms with Gasteiger partial charge in [0.25, 0.3) is 0 Å². The lowest BCUT2D eigenvalue weighted by molar-refractivity contribution is -0.127. The Hall–Kier alpha value is -1.35. The third kappa shape index (κ3) is 5.42. The Morgan fingerprint density at radius 1 is 1.24 bits per heavy atom. The number of likely N-dealkylation sites (tertiary alicyclic amines) is 1. The number of benzene rings is 1. The summed E-state index contributed by atoms with van der Waals surface area (Å²) in [4.78, 5) is 15.1. The van der Waals surface area contributed by atoms with Gasteiger partial charge in [0.15, 0.2) is 0 Å². The zero-order chi connectivity index (χ0) is 21.0. The first-order valence-electron chi connectivity index (χ1n) is 10.2. The number of amides is 1. The lowest BCUT2D eigenvalue weighted by atomic mass is 9.97. The summed E-state index contributed by atoms with van der Waals surface area (Å²) in [6, 6.07) is 4.78. The van der Waals surface area contributed by atoms with Crippen LogP contribution < -0.4 is 10.1 Å². The number of piperidine rings is 2. The number of nitrogens with one attached hydrogen (secondary N) is 1. The second-order valence-corrected chi connectivity index (χ2v) is 10.2. The lowest BCUT2D eigenvalue weighted by Crippen LogP contribution is -2.49. The molecule has 0 bridgehead atoms. The fourth-order valence-corrected chi connectivity index (χ4v) is 5.86. The number of carbonyl (C=O) groups excluding carboxylic acids is 1. The maximum absolute atomic E-state index is 13.3. The average Bonchev–Trinajstić information content (AvgIpc) is 2.71. The molecule has 9 heteroatoms. The van der Waals surface area contributed by atoms with Crippen molar-refractivity contribution in [2.24, 2.45) is 5.92 Å². The lowest BCUT2D eigenvalue weighted by Gasteiger charge is -2.34. The van der Waals surface area contributed by atoms with Crippen molar-refractivity contribution in [1.29, 1.82) is 0 Å². The Morgan fingerprint density at radius 3 is 2.66 bits per heavy atom. The first-order chi connectivity index (χ1) is 13.8. The molecule has 1 aromatic carbocycles. The predicted octanol–water partition coefficient (Wildman–Crippen LogP) is 2.35. The average molecular weight is 444 g/mol. The molecule has 162 valence electrons. The second-order valence-electron chi connectivity index (χ2n) is 7.81. The molecule has 0 radical (unpaired) electrons. The van der Waals surface area contributed by atoms with E-state index in [9.17, 15) is 13.2 Å². The van der Waals surface area contributed by atoms with E-state index in [4.69, 9.17) is 16.3 Å². The molecule has 1 N–H and O–H groups in total. The summed E-state index contributed by atoms with van der Waals surface area (Å²) in [5.41, 5.74) is 0. The number of nitrogens with zero attached hydrogens (tertiary/aromatic N) is 2. The minimum Gasteiger partial charge on any atom is -0.492 e. The molecule has 2 aliphatic rings. The van der Waals surface area contributed by atoms with Crippen LogP contribution in [-0.2, 0) is 14.8 Å². The largest absolute Gasteiger partial charge is 0.492 e. The highest BCUT2D eigenvalue weighted by molar-refractivity contribution is 7.89. The van der Waals surface area contributed by atoms with E-state index >= 15 is 0 Å². The first-order valence-corrected chi connectivity index (χ1v) is 12.0. The van der Waals surface area contributed by atoms with Gasteiger partial charge in [0, 0.05) is 24.2 Å². The van der Waals surface area contributed by atoms with E-state index in [0.717, 1.165) is 25.9 Å². The van der Waals surface area contributed by atoms with Gasteiger partial charge in [-0.25, -0.2) is 8.42 Å². The van der Waals surface area contributed by atoms with Gasteiger partial charge in [0.05, 0.1) is 12.5 Å². The quantitative estimate of drug-likeness (QED) is 0.730. The molecule has 7 nitrogen and oxygen atoms in total. The summed E-state index contributed by atoms with van der Waals surface area (Å²) >= 11 is 6.05. The van der Waals surface area contributed by atoms with Crippen LogP contribution in [0.3, 0.4) is 0 Å². The molecule has 0 aromatic heterocycles. The minimum atomic E-state index is -3.81. The van der Waals surface area contributed by atoms with Crippen LogP contribution in [0.2, 0.25) is 5.02 Å². The summed E-state index contributed by atoms with van der Waals surface area (Å²) in [7, 11) is -1.73. The summed E-state index contributed by atoms with van der Waals surface area (Å²) in [6.07, 6.45) is 3.20. The number of hydrogen-bond donors (Lipinski definition) is 1. The van der Waals surface area contributed by atoms with Crippen molar-refractivity contribution in [2.75, 3.05) is 39.8 Å². The molecule has 1 amide bonds. The highest BCUT2D eigenvalue weighted by Gasteiger charge is 2.35. The first kappa shape index (κ1) is 22.3. The van der Waals surface area contributed by atoms with Gasteiger partial charge in [-0.1, -0.05) is 11.6 Å². The minimum absolute atomic E-state index is 0.0458. The van der Waals surface area contributed by atoms with Crippen molar-refractivity contribution < 1.29 is 17.9 Å². The molecule has 0 unspecified atom stereocenters. The van der Waals surface area contributed by atoms with Crippen LogP contribution >= 0.6 is 11.6 Å². The molecular weight excluding hydrogens is 414 g/mol. The van der Waals surface area contributed by atoms with Gasteiger partial charge < -0.3 is 15.0 Å². The number of carbonyl (C=O) groups is 1. The summed E-state index contributed by atoms with van der Waals surface area (Å²) in [6.45, 7) is 4.65. The van der Waals surface area contributed by atoms with Crippen LogP contribution in [-0.4, -0.2) is 69.4 Å². The Kier molecular flexibility index (Phi) is 7.42. The van der Waals surface area contributed by atoms with Crippen molar-refractivity contribution in [3.05, 3.63) is 23.2 Å². The zero-order valence-electron chi connectivity index (χ0n) is 17.1. The molecule has 29 heavy (non-hydrogen) atoms. The summed E-state index contributed by atoms with van der Waals surface area (Å²) in [5.74, 6) is -0.0988. The summed E-state index contributed by atoms with van der Waals surface area (Å²) < 4.78 is 33.5. The summed E-state index contributed by atoms with van der Waals surface area (Å²) in [5, 5.41) is 3.46. The normalized spacial score (nSPS) is 22.4. The van der Waals surface area contributed by atoms with Gasteiger partial charge in [-0.2, -0.15) is 4.31 Å². The highest BCUT2D eigenvalue weighted by atomic mass is 35.5. The molecule has 0 spiro atoms. The fraction of sp³-hybridized carbons (Fsp3) is 0.650. The molecule has 1 atom stereocenters. The molecule has 1 aromatic rings. The topological polar surface area (TPSA) is 79.0 Å². The maximum Gasteiger partial charge on any atom is 0.246 e. The van der Waals surface area contributed by atoms with Crippen LogP contribution in [0.1, 0.15) is 32.6 Å². The van der Waals surface area contributed by atoms with E-state index in [1.165, 1.54) is 10.4 Å². The van der Waals surface area contributed by atoms with Crippen LogP contribution in [0.15, 0.2) is 23.1 Å². The number of hydrogen-bond acceptors (Lipinski definition) is 5. The molecule has 2 saturated heterocycles. The SMILES string of the molecule is CCOc1ccc(Cl)cc1S(=O)(=O)N1CCC[C@H](C(=O)NC2CCN(C)CC2)C1. The number of halogens is 1. The van der Waals surface area contributed by atoms with E-state index < -0.39 is 10.0 Å². The van der Waals surface area contributed by atoms with Crippen molar-refractivity contribution in [2.45, 2.75) is 43.5 Å². The van der Waals surface area contributed by atoms with Crippen LogP contribution in [0.5, 0.6) is 5.75 Å². The predicted molar refractivity (Wildman–Crippen MR) is 113 cm³/mol. The molecule has 2 heterocycles. The standard InChI is InChI=1S/C20H30ClN3O4S/c1-3-28-18-7-6-16(21)13-19(18)29(26,27)24-10-4-5-15(14-24)20(25)22-17-8-11-23(2)12-9-17/h6-7,13,15,17H,3-5,8-12,14H2,1-2H3,(H,22,25)/t15-/m0/s1. The molecule has 0 aliphatic carbocycles. The second kappa shape index (κ2) is 9.64. The van der Waals surface area contributed by atoms with E-state index in [2.05, 4.69) is 17.3 Å². The molecule has 0 saturated carbocycles. The third-order valence-electron chi connectivity index (χ3n) is 5.64. The fourth-order valence-electron chi connectivity index (χ4n) is 3.94. The van der Waals surface area contributed by atoms with Crippen molar-refractivity contribution in [3.8, 4) is 5.75 Å². The van der Waals surface area contributed by atoms with E-state index in [0.29, 0.717) is 31.0 Å². The third-order valence-corrected chi connectivity index (χ3v) is 7.76. The Balaban J connectivity index is 1.71. The Labute approximate surface area is 178 Å². The van der Waals surface area contributed by atoms with E-state index in [1.807, 2.05) is 0 Å².